The van der Waals surface area contributed by atoms with Crippen LogP contribution in [-0.2, 0) is 0 Å². The van der Waals surface area contributed by atoms with Gasteiger partial charge in [-0.15, -0.1) is 0 Å². The van der Waals surface area contributed by atoms with E-state index in [1.807, 2.05) is 12.1 Å². The van der Waals surface area contributed by atoms with E-state index in [0.717, 1.165) is 13.6 Å². The summed E-state index contributed by atoms with van der Waals surface area (Å²) >= 11 is 5.52. The lowest BCUT2D eigenvalue weighted by molar-refractivity contribution is 0.0941. The van der Waals surface area contributed by atoms with E-state index in [9.17, 15) is 9.90 Å². The zero-order chi connectivity index (χ0) is 11.2. The van der Waals surface area contributed by atoms with Gasteiger partial charge in [0.2, 0.25) is 5.91 Å². The van der Waals surface area contributed by atoms with Crippen molar-refractivity contribution in [1.82, 2.24) is 4.57 Å². The lowest BCUT2D eigenvalue weighted by Gasteiger charge is -2.01. The molecule has 0 radical (unpaired) electrons. The lowest BCUT2D eigenvalue weighted by Crippen LogP contribution is -2.02. The molecule has 0 atom stereocenters. The van der Waals surface area contributed by atoms with Crippen molar-refractivity contribution in [3.8, 4) is 5.75 Å². The number of halogens is 2. The summed E-state index contributed by atoms with van der Waals surface area (Å²) in [6, 6.07) is 3.67. The average Bonchev–Trinajstić information content (AvgIpc) is 2.50. The SMILES string of the molecule is CC(=O)n1cc(O)c2c(I)c(Br)ccc21. The Bertz CT molecular complexity index is 562. The van der Waals surface area contributed by atoms with Gasteiger partial charge in [0, 0.05) is 15.0 Å². The molecule has 0 unspecified atom stereocenters. The van der Waals surface area contributed by atoms with Gasteiger partial charge in [-0.05, 0) is 50.7 Å². The summed E-state index contributed by atoms with van der Waals surface area (Å²) in [6.07, 6.45) is 1.45. The molecule has 1 N–H and O–H groups in total. The number of carbonyl (C=O) groups is 1. The van der Waals surface area contributed by atoms with E-state index < -0.39 is 0 Å². The second kappa shape index (κ2) is 3.79. The zero-order valence-corrected chi connectivity index (χ0v) is 11.5. The predicted molar refractivity (Wildman–Crippen MR) is 70.3 cm³/mol. The summed E-state index contributed by atoms with van der Waals surface area (Å²) in [5.41, 5.74) is 0.729. The van der Waals surface area contributed by atoms with Crippen molar-refractivity contribution in [3.63, 3.8) is 0 Å². The zero-order valence-electron chi connectivity index (χ0n) is 7.79. The highest BCUT2D eigenvalue weighted by molar-refractivity contribution is 14.1. The van der Waals surface area contributed by atoms with E-state index in [1.165, 1.54) is 17.7 Å². The smallest absolute Gasteiger partial charge is 0.228 e. The van der Waals surface area contributed by atoms with Crippen LogP contribution in [0.1, 0.15) is 11.7 Å². The number of hydrogen-bond donors (Lipinski definition) is 1. The molecule has 2 aromatic rings. The second-order valence-corrected chi connectivity index (χ2v) is 5.09. The first-order valence-corrected chi connectivity index (χ1v) is 6.08. The molecular weight excluding hydrogens is 373 g/mol. The summed E-state index contributed by atoms with van der Waals surface area (Å²) < 4.78 is 3.26. The monoisotopic (exact) mass is 379 g/mol. The summed E-state index contributed by atoms with van der Waals surface area (Å²) in [4.78, 5) is 11.3. The van der Waals surface area contributed by atoms with Gasteiger partial charge in [-0.3, -0.25) is 9.36 Å². The molecule has 5 heteroatoms. The Morgan fingerprint density at radius 3 is 2.80 bits per heavy atom. The molecule has 2 rings (SSSR count). The Morgan fingerprint density at radius 2 is 2.20 bits per heavy atom. The Kier molecular flexibility index (Phi) is 2.76. The molecule has 78 valence electrons. The maximum absolute atomic E-state index is 11.3. The number of aromatic hydroxyl groups is 1. The second-order valence-electron chi connectivity index (χ2n) is 3.16. The highest BCUT2D eigenvalue weighted by Crippen LogP contribution is 2.35. The first-order valence-electron chi connectivity index (χ1n) is 4.21. The third kappa shape index (κ3) is 1.67. The van der Waals surface area contributed by atoms with Gasteiger partial charge in [0.05, 0.1) is 17.1 Å². The highest BCUT2D eigenvalue weighted by Gasteiger charge is 2.14. The molecule has 15 heavy (non-hydrogen) atoms. The van der Waals surface area contributed by atoms with Gasteiger partial charge in [-0.2, -0.15) is 0 Å². The predicted octanol–water partition coefficient (Wildman–Crippen LogP) is 3.37. The normalized spacial score (nSPS) is 10.9. The van der Waals surface area contributed by atoms with Crippen molar-refractivity contribution in [2.45, 2.75) is 6.92 Å². The molecule has 0 amide bonds. The lowest BCUT2D eigenvalue weighted by atomic mass is 10.2. The Morgan fingerprint density at radius 1 is 1.53 bits per heavy atom. The first kappa shape index (κ1) is 10.9. The van der Waals surface area contributed by atoms with E-state index in [1.54, 1.807) is 0 Å². The molecule has 3 nitrogen and oxygen atoms in total. The van der Waals surface area contributed by atoms with Gasteiger partial charge in [0.15, 0.2) is 0 Å². The number of carbonyl (C=O) groups excluding carboxylic acids is 1. The van der Waals surface area contributed by atoms with Crippen LogP contribution in [0.5, 0.6) is 5.75 Å². The fraction of sp³-hybridized carbons (Fsp3) is 0.100. The maximum atomic E-state index is 11.3. The van der Waals surface area contributed by atoms with Crippen LogP contribution in [0.2, 0.25) is 0 Å². The van der Waals surface area contributed by atoms with Crippen molar-refractivity contribution in [2.24, 2.45) is 0 Å². The third-order valence-electron chi connectivity index (χ3n) is 2.18. The van der Waals surface area contributed by atoms with Gasteiger partial charge >= 0.3 is 0 Å². The summed E-state index contributed by atoms with van der Waals surface area (Å²) in [5, 5.41) is 10.5. The van der Waals surface area contributed by atoms with Gasteiger partial charge in [-0.1, -0.05) is 0 Å². The first-order chi connectivity index (χ1) is 7.02. The van der Waals surface area contributed by atoms with Crippen LogP contribution in [0.4, 0.5) is 0 Å². The fourth-order valence-electron chi connectivity index (χ4n) is 1.50. The van der Waals surface area contributed by atoms with Gasteiger partial charge in [-0.25, -0.2) is 0 Å². The molecule has 0 aliphatic carbocycles. The molecule has 1 heterocycles. The molecule has 0 fully saturated rings. The van der Waals surface area contributed by atoms with E-state index in [2.05, 4.69) is 38.5 Å². The van der Waals surface area contributed by atoms with Crippen LogP contribution in [-0.4, -0.2) is 15.6 Å². The maximum Gasteiger partial charge on any atom is 0.228 e. The van der Waals surface area contributed by atoms with Crippen molar-refractivity contribution < 1.29 is 9.90 Å². The molecule has 1 aromatic carbocycles. The molecular formula is C10H7BrINO2. The quantitative estimate of drug-likeness (QED) is 0.713. The minimum Gasteiger partial charge on any atom is -0.506 e. The minimum atomic E-state index is -0.113. The van der Waals surface area contributed by atoms with Crippen LogP contribution in [0.25, 0.3) is 10.9 Å². The Balaban J connectivity index is 2.92. The van der Waals surface area contributed by atoms with Gasteiger partial charge < -0.3 is 5.11 Å². The molecule has 1 aromatic heterocycles. The van der Waals surface area contributed by atoms with Crippen molar-refractivity contribution in [3.05, 3.63) is 26.4 Å². The molecule has 0 saturated carbocycles. The van der Waals surface area contributed by atoms with Crippen LogP contribution in [0.3, 0.4) is 0 Å². The largest absolute Gasteiger partial charge is 0.506 e. The number of fused-ring (bicyclic) bond motifs is 1. The molecule has 0 spiro atoms. The number of nitrogens with zero attached hydrogens (tertiary/aromatic N) is 1. The van der Waals surface area contributed by atoms with Crippen LogP contribution < -0.4 is 0 Å². The summed E-state index contributed by atoms with van der Waals surface area (Å²) in [5.74, 6) is 0.0179. The summed E-state index contributed by atoms with van der Waals surface area (Å²) in [7, 11) is 0. The van der Waals surface area contributed by atoms with E-state index in [-0.39, 0.29) is 11.7 Å². The standard InChI is InChI=1S/C10H7BrINO2/c1-5(14)13-4-8(15)9-7(13)3-2-6(11)10(9)12/h2-4,15H,1H3. The van der Waals surface area contributed by atoms with Crippen molar-refractivity contribution in [2.75, 3.05) is 0 Å². The van der Waals surface area contributed by atoms with Gasteiger partial charge in [0.25, 0.3) is 0 Å². The third-order valence-corrected chi connectivity index (χ3v) is 4.70. The fourth-order valence-corrected chi connectivity index (χ4v) is 2.56. The van der Waals surface area contributed by atoms with Crippen LogP contribution >= 0.6 is 38.5 Å². The minimum absolute atomic E-state index is 0.113. The topological polar surface area (TPSA) is 42.2 Å². The van der Waals surface area contributed by atoms with E-state index in [4.69, 9.17) is 0 Å². The molecule has 0 bridgehead atoms. The number of rotatable bonds is 0. The van der Waals surface area contributed by atoms with Gasteiger partial charge in [0.1, 0.15) is 5.75 Å². The number of aromatic nitrogens is 1. The molecule has 0 aliphatic heterocycles. The van der Waals surface area contributed by atoms with Crippen LogP contribution in [0, 0.1) is 3.57 Å². The van der Waals surface area contributed by atoms with E-state index in [0.29, 0.717) is 5.39 Å². The Labute approximate surface area is 108 Å². The molecule has 0 saturated heterocycles. The summed E-state index contributed by atoms with van der Waals surface area (Å²) in [6.45, 7) is 1.47. The number of hydrogen-bond acceptors (Lipinski definition) is 2. The average molecular weight is 380 g/mol. The highest BCUT2D eigenvalue weighted by atomic mass is 127. The van der Waals surface area contributed by atoms with E-state index >= 15 is 0 Å². The van der Waals surface area contributed by atoms with Crippen LogP contribution in [0.15, 0.2) is 22.8 Å². The Hall–Kier alpha value is -0.560. The van der Waals surface area contributed by atoms with Crippen molar-refractivity contribution >= 4 is 55.3 Å². The number of benzene rings is 1. The van der Waals surface area contributed by atoms with Crippen molar-refractivity contribution in [1.29, 1.82) is 0 Å². The molecule has 0 aliphatic rings.